The topological polar surface area (TPSA) is 62.5 Å². The number of halogens is 1. The fraction of sp³-hybridized carbons (Fsp3) is 0.154. The average Bonchev–Trinajstić information content (AvgIpc) is 2.89. The maximum Gasteiger partial charge on any atom is 0.160 e. The summed E-state index contributed by atoms with van der Waals surface area (Å²) in [5.41, 5.74) is 5.82. The highest BCUT2D eigenvalue weighted by molar-refractivity contribution is 6.08. The minimum Gasteiger partial charge on any atom is -0.304 e. The van der Waals surface area contributed by atoms with Crippen LogP contribution >= 0.6 is 0 Å². The minimum atomic E-state index is -0.320. The lowest BCUT2D eigenvalue weighted by Crippen LogP contribution is -2.17. The molecule has 152 valence electrons. The van der Waals surface area contributed by atoms with Crippen LogP contribution in [0.15, 0.2) is 73.2 Å². The summed E-state index contributed by atoms with van der Waals surface area (Å²) in [7, 11) is 0. The number of nitrogens with one attached hydrogen (secondary N) is 1. The Morgan fingerprint density at radius 3 is 2.58 bits per heavy atom. The van der Waals surface area contributed by atoms with Gasteiger partial charge in [-0.1, -0.05) is 32.1 Å². The Kier molecular flexibility index (Phi) is 4.66. The molecule has 0 saturated heterocycles. The van der Waals surface area contributed by atoms with E-state index in [1.807, 2.05) is 24.3 Å². The number of aromatic nitrogens is 3. The van der Waals surface area contributed by atoms with Crippen molar-refractivity contribution >= 4 is 22.3 Å². The molecule has 1 aliphatic rings. The van der Waals surface area contributed by atoms with E-state index in [0.29, 0.717) is 22.6 Å². The number of allylic oxidation sites excluding steroid dienone is 1. The van der Waals surface area contributed by atoms with E-state index >= 15 is 0 Å². The Morgan fingerprint density at radius 2 is 1.74 bits per heavy atom. The molecule has 4 nitrogen and oxygen atoms in total. The van der Waals surface area contributed by atoms with Crippen LogP contribution in [-0.2, 0) is 0 Å². The molecule has 4 aromatic rings. The standard InChI is InChI=1S/C26H21FN4/c1-15-12-20(17-9-11-29-14-22(17)25(28)16(15)2)21-13-24(19-6-3-4-8-23(19)27)31-26-18(21)7-5-10-30-26/h3-16,28H,1-2H3. The summed E-state index contributed by atoms with van der Waals surface area (Å²) in [5, 5.41) is 9.61. The lowest BCUT2D eigenvalue weighted by molar-refractivity contribution is 0.591. The second-order valence-corrected chi connectivity index (χ2v) is 7.97. The quantitative estimate of drug-likeness (QED) is 0.448. The molecule has 31 heavy (non-hydrogen) atoms. The number of fused-ring (bicyclic) bond motifs is 2. The molecule has 2 atom stereocenters. The van der Waals surface area contributed by atoms with Crippen LogP contribution in [0.5, 0.6) is 0 Å². The lowest BCUT2D eigenvalue weighted by atomic mass is 9.90. The zero-order valence-corrected chi connectivity index (χ0v) is 17.3. The summed E-state index contributed by atoms with van der Waals surface area (Å²) in [6, 6.07) is 14.4. The summed E-state index contributed by atoms with van der Waals surface area (Å²) in [4.78, 5) is 13.4. The molecule has 0 spiro atoms. The third kappa shape index (κ3) is 3.22. The summed E-state index contributed by atoms with van der Waals surface area (Å²) in [6.07, 6.45) is 7.42. The zero-order chi connectivity index (χ0) is 21.5. The van der Waals surface area contributed by atoms with Gasteiger partial charge in [-0.05, 0) is 59.0 Å². The Hall–Kier alpha value is -3.73. The molecule has 1 N–H and O–H groups in total. The highest BCUT2D eigenvalue weighted by Gasteiger charge is 2.27. The number of pyridine rings is 3. The van der Waals surface area contributed by atoms with Crippen LogP contribution in [0.2, 0.25) is 0 Å². The molecule has 0 radical (unpaired) electrons. The van der Waals surface area contributed by atoms with Crippen LogP contribution in [0.3, 0.4) is 0 Å². The van der Waals surface area contributed by atoms with E-state index in [1.165, 1.54) is 6.07 Å². The largest absolute Gasteiger partial charge is 0.304 e. The molecule has 1 aliphatic carbocycles. The van der Waals surface area contributed by atoms with Gasteiger partial charge in [0, 0.05) is 46.7 Å². The van der Waals surface area contributed by atoms with Crippen molar-refractivity contribution in [2.24, 2.45) is 11.8 Å². The molecule has 0 amide bonds. The maximum atomic E-state index is 14.6. The molecule has 5 rings (SSSR count). The molecule has 5 heteroatoms. The third-order valence-corrected chi connectivity index (χ3v) is 6.10. The number of benzene rings is 1. The van der Waals surface area contributed by atoms with Gasteiger partial charge >= 0.3 is 0 Å². The minimum absolute atomic E-state index is 0.0534. The monoisotopic (exact) mass is 408 g/mol. The molecule has 0 bridgehead atoms. The van der Waals surface area contributed by atoms with Crippen LogP contribution in [-0.4, -0.2) is 20.7 Å². The Morgan fingerprint density at radius 1 is 0.903 bits per heavy atom. The van der Waals surface area contributed by atoms with Gasteiger partial charge in [-0.2, -0.15) is 0 Å². The van der Waals surface area contributed by atoms with E-state index in [-0.39, 0.29) is 17.7 Å². The van der Waals surface area contributed by atoms with Crippen molar-refractivity contribution in [2.75, 3.05) is 0 Å². The molecule has 0 aliphatic heterocycles. The van der Waals surface area contributed by atoms with E-state index in [1.54, 1.807) is 36.8 Å². The molecule has 0 saturated carbocycles. The normalized spacial score (nSPS) is 18.4. The van der Waals surface area contributed by atoms with Crippen molar-refractivity contribution in [1.82, 2.24) is 15.0 Å². The van der Waals surface area contributed by atoms with Crippen molar-refractivity contribution in [3.05, 3.63) is 95.7 Å². The average molecular weight is 408 g/mol. The van der Waals surface area contributed by atoms with Gasteiger partial charge in [-0.25, -0.2) is 14.4 Å². The van der Waals surface area contributed by atoms with Gasteiger partial charge in [-0.3, -0.25) is 4.98 Å². The fourth-order valence-electron chi connectivity index (χ4n) is 4.17. The number of rotatable bonds is 2. The molecule has 1 aromatic carbocycles. The molecular weight excluding hydrogens is 387 g/mol. The van der Waals surface area contributed by atoms with Crippen LogP contribution in [0.1, 0.15) is 30.5 Å². The predicted octanol–water partition coefficient (Wildman–Crippen LogP) is 5.92. The summed E-state index contributed by atoms with van der Waals surface area (Å²) in [6.45, 7) is 4.19. The van der Waals surface area contributed by atoms with Gasteiger partial charge in [0.1, 0.15) is 5.82 Å². The Labute approximate surface area is 180 Å². The van der Waals surface area contributed by atoms with Gasteiger partial charge in [0.15, 0.2) is 5.65 Å². The first-order valence-corrected chi connectivity index (χ1v) is 10.3. The first kappa shape index (κ1) is 19.2. The number of nitrogens with zero attached hydrogens (tertiary/aromatic N) is 3. The maximum absolute atomic E-state index is 14.6. The van der Waals surface area contributed by atoms with Crippen LogP contribution in [0.25, 0.3) is 27.9 Å². The van der Waals surface area contributed by atoms with Gasteiger partial charge in [-0.15, -0.1) is 0 Å². The number of hydrogen-bond acceptors (Lipinski definition) is 4. The second kappa shape index (κ2) is 7.51. The van der Waals surface area contributed by atoms with Crippen molar-refractivity contribution in [2.45, 2.75) is 13.8 Å². The van der Waals surface area contributed by atoms with E-state index in [4.69, 9.17) is 5.41 Å². The third-order valence-electron chi connectivity index (χ3n) is 6.10. The van der Waals surface area contributed by atoms with Crippen molar-refractivity contribution < 1.29 is 4.39 Å². The Balaban J connectivity index is 1.84. The fourth-order valence-corrected chi connectivity index (χ4v) is 4.17. The zero-order valence-electron chi connectivity index (χ0n) is 17.3. The van der Waals surface area contributed by atoms with Crippen LogP contribution < -0.4 is 0 Å². The van der Waals surface area contributed by atoms with E-state index in [0.717, 1.165) is 27.6 Å². The molecule has 3 aromatic heterocycles. The highest BCUT2D eigenvalue weighted by atomic mass is 19.1. The predicted molar refractivity (Wildman–Crippen MR) is 121 cm³/mol. The lowest BCUT2D eigenvalue weighted by Gasteiger charge is -2.15. The van der Waals surface area contributed by atoms with Crippen LogP contribution in [0.4, 0.5) is 4.39 Å². The molecule has 0 fully saturated rings. The van der Waals surface area contributed by atoms with Gasteiger partial charge in [0.25, 0.3) is 0 Å². The first-order chi connectivity index (χ1) is 15.0. The van der Waals surface area contributed by atoms with E-state index in [2.05, 4.69) is 34.9 Å². The second-order valence-electron chi connectivity index (χ2n) is 7.97. The SMILES string of the molecule is CC1C=C(c2cc(-c3ccccc3F)nc3ncccc23)c2ccncc2C(=N)C1C. The van der Waals surface area contributed by atoms with Crippen molar-refractivity contribution in [3.63, 3.8) is 0 Å². The summed E-state index contributed by atoms with van der Waals surface area (Å²) in [5.74, 6) is -0.121. The van der Waals surface area contributed by atoms with Crippen molar-refractivity contribution in [1.29, 1.82) is 5.41 Å². The van der Waals surface area contributed by atoms with Gasteiger partial charge in [0.2, 0.25) is 0 Å². The molecule has 2 unspecified atom stereocenters. The molecule has 3 heterocycles. The highest BCUT2D eigenvalue weighted by Crippen LogP contribution is 2.38. The first-order valence-electron chi connectivity index (χ1n) is 10.3. The Bertz CT molecular complexity index is 1360. The van der Waals surface area contributed by atoms with Crippen molar-refractivity contribution in [3.8, 4) is 11.3 Å². The summed E-state index contributed by atoms with van der Waals surface area (Å²) >= 11 is 0. The molecular formula is C26H21FN4. The van der Waals surface area contributed by atoms with Gasteiger partial charge < -0.3 is 5.41 Å². The van der Waals surface area contributed by atoms with E-state index in [9.17, 15) is 4.39 Å². The van der Waals surface area contributed by atoms with Crippen LogP contribution in [0, 0.1) is 23.1 Å². The smallest absolute Gasteiger partial charge is 0.160 e. The summed E-state index contributed by atoms with van der Waals surface area (Å²) < 4.78 is 14.6. The van der Waals surface area contributed by atoms with Gasteiger partial charge in [0.05, 0.1) is 5.69 Å². The number of hydrogen-bond donors (Lipinski definition) is 1. The van der Waals surface area contributed by atoms with E-state index < -0.39 is 0 Å².